The fraction of sp³-hybridized carbons (Fsp3) is 0.100. The van der Waals surface area contributed by atoms with E-state index in [2.05, 4.69) is 6.58 Å². The SMILES string of the molecule is C=Cc1ccc(OC)cc1C(N)=O. The molecule has 0 saturated heterocycles. The zero-order chi connectivity index (χ0) is 9.84. The molecule has 0 bridgehead atoms. The van der Waals surface area contributed by atoms with E-state index in [4.69, 9.17) is 10.5 Å². The van der Waals surface area contributed by atoms with Gasteiger partial charge in [0.2, 0.25) is 5.91 Å². The van der Waals surface area contributed by atoms with Gasteiger partial charge in [0.05, 0.1) is 7.11 Å². The molecule has 0 aliphatic carbocycles. The molecule has 3 heteroatoms. The summed E-state index contributed by atoms with van der Waals surface area (Å²) >= 11 is 0. The molecule has 3 nitrogen and oxygen atoms in total. The van der Waals surface area contributed by atoms with Gasteiger partial charge in [-0.25, -0.2) is 0 Å². The highest BCUT2D eigenvalue weighted by Crippen LogP contribution is 2.17. The second-order valence-electron chi connectivity index (χ2n) is 2.52. The lowest BCUT2D eigenvalue weighted by atomic mass is 10.1. The van der Waals surface area contributed by atoms with E-state index in [1.807, 2.05) is 0 Å². The van der Waals surface area contributed by atoms with Crippen molar-refractivity contribution >= 4 is 12.0 Å². The van der Waals surface area contributed by atoms with E-state index in [0.29, 0.717) is 16.9 Å². The Bertz CT molecular complexity index is 345. The highest BCUT2D eigenvalue weighted by molar-refractivity contribution is 5.96. The number of hydrogen-bond donors (Lipinski definition) is 1. The van der Waals surface area contributed by atoms with Gasteiger partial charge in [0.15, 0.2) is 0 Å². The molecular weight excluding hydrogens is 166 g/mol. The number of nitrogens with two attached hydrogens (primary N) is 1. The van der Waals surface area contributed by atoms with E-state index in [1.165, 1.54) is 7.11 Å². The van der Waals surface area contributed by atoms with Gasteiger partial charge in [-0.3, -0.25) is 4.79 Å². The van der Waals surface area contributed by atoms with Gasteiger partial charge in [0, 0.05) is 5.56 Å². The fourth-order valence-electron chi connectivity index (χ4n) is 1.05. The lowest BCUT2D eigenvalue weighted by Crippen LogP contribution is -2.12. The predicted molar refractivity (Wildman–Crippen MR) is 51.6 cm³/mol. The topological polar surface area (TPSA) is 52.3 Å². The van der Waals surface area contributed by atoms with Crippen molar-refractivity contribution in [2.75, 3.05) is 7.11 Å². The standard InChI is InChI=1S/C10H11NO2/c1-3-7-4-5-8(13-2)6-9(7)10(11)12/h3-6H,1H2,2H3,(H2,11,12). The number of benzene rings is 1. The minimum atomic E-state index is -0.478. The number of carbonyl (C=O) groups is 1. The molecule has 2 N–H and O–H groups in total. The normalized spacial score (nSPS) is 9.31. The minimum Gasteiger partial charge on any atom is -0.497 e. The number of methoxy groups -OCH3 is 1. The Balaban J connectivity index is 3.25. The average molecular weight is 177 g/mol. The van der Waals surface area contributed by atoms with Crippen LogP contribution in [0, 0.1) is 0 Å². The summed E-state index contributed by atoms with van der Waals surface area (Å²) in [4.78, 5) is 11.0. The third kappa shape index (κ3) is 1.87. The van der Waals surface area contributed by atoms with Crippen molar-refractivity contribution in [2.45, 2.75) is 0 Å². The first kappa shape index (κ1) is 9.32. The summed E-state index contributed by atoms with van der Waals surface area (Å²) in [5, 5.41) is 0. The highest BCUT2D eigenvalue weighted by Gasteiger charge is 2.06. The van der Waals surface area contributed by atoms with Gasteiger partial charge >= 0.3 is 0 Å². The number of carbonyl (C=O) groups excluding carboxylic acids is 1. The van der Waals surface area contributed by atoms with Crippen molar-refractivity contribution in [2.24, 2.45) is 5.73 Å². The maximum absolute atomic E-state index is 11.0. The van der Waals surface area contributed by atoms with E-state index in [1.54, 1.807) is 24.3 Å². The maximum Gasteiger partial charge on any atom is 0.249 e. The molecule has 1 rings (SSSR count). The fourth-order valence-corrected chi connectivity index (χ4v) is 1.05. The Morgan fingerprint density at radius 3 is 2.77 bits per heavy atom. The van der Waals surface area contributed by atoms with E-state index in [9.17, 15) is 4.79 Å². The number of hydrogen-bond acceptors (Lipinski definition) is 2. The Kier molecular flexibility index (Phi) is 2.69. The van der Waals surface area contributed by atoms with Gasteiger partial charge < -0.3 is 10.5 Å². The molecule has 1 aromatic rings. The van der Waals surface area contributed by atoms with Crippen molar-refractivity contribution in [3.05, 3.63) is 35.9 Å². The van der Waals surface area contributed by atoms with Gasteiger partial charge in [-0.05, 0) is 17.7 Å². The number of ether oxygens (including phenoxy) is 1. The number of amides is 1. The number of rotatable bonds is 3. The van der Waals surface area contributed by atoms with Crippen molar-refractivity contribution in [3.63, 3.8) is 0 Å². The van der Waals surface area contributed by atoms with Crippen molar-refractivity contribution in [1.82, 2.24) is 0 Å². The van der Waals surface area contributed by atoms with Gasteiger partial charge in [-0.2, -0.15) is 0 Å². The zero-order valence-electron chi connectivity index (χ0n) is 7.41. The van der Waals surface area contributed by atoms with E-state index < -0.39 is 5.91 Å². The molecule has 0 heterocycles. The summed E-state index contributed by atoms with van der Waals surface area (Å²) in [6, 6.07) is 5.09. The molecule has 0 aromatic heterocycles. The Labute approximate surface area is 76.8 Å². The van der Waals surface area contributed by atoms with Crippen LogP contribution >= 0.6 is 0 Å². The zero-order valence-corrected chi connectivity index (χ0v) is 7.41. The molecule has 0 saturated carbocycles. The highest BCUT2D eigenvalue weighted by atomic mass is 16.5. The third-order valence-electron chi connectivity index (χ3n) is 1.75. The van der Waals surface area contributed by atoms with Crippen LogP contribution in [0.5, 0.6) is 5.75 Å². The average Bonchev–Trinajstić information content (AvgIpc) is 2.16. The van der Waals surface area contributed by atoms with Crippen LogP contribution in [0.4, 0.5) is 0 Å². The summed E-state index contributed by atoms with van der Waals surface area (Å²) in [6.07, 6.45) is 1.58. The molecule has 0 aliphatic rings. The largest absolute Gasteiger partial charge is 0.497 e. The first-order chi connectivity index (χ1) is 6.19. The van der Waals surface area contributed by atoms with Gasteiger partial charge in [0.25, 0.3) is 0 Å². The molecule has 0 aliphatic heterocycles. The van der Waals surface area contributed by atoms with Crippen LogP contribution in [0.3, 0.4) is 0 Å². The Hall–Kier alpha value is -1.77. The van der Waals surface area contributed by atoms with Crippen LogP contribution in [-0.4, -0.2) is 13.0 Å². The molecular formula is C10H11NO2. The van der Waals surface area contributed by atoms with Crippen molar-refractivity contribution in [3.8, 4) is 5.75 Å². The molecule has 1 aromatic carbocycles. The van der Waals surface area contributed by atoms with Crippen LogP contribution in [0.15, 0.2) is 24.8 Å². The monoisotopic (exact) mass is 177 g/mol. The second-order valence-corrected chi connectivity index (χ2v) is 2.52. The molecule has 13 heavy (non-hydrogen) atoms. The lowest BCUT2D eigenvalue weighted by Gasteiger charge is -2.04. The Morgan fingerprint density at radius 1 is 1.62 bits per heavy atom. The molecule has 0 radical (unpaired) electrons. The van der Waals surface area contributed by atoms with E-state index in [0.717, 1.165) is 0 Å². The van der Waals surface area contributed by atoms with Crippen LogP contribution in [-0.2, 0) is 0 Å². The first-order valence-electron chi connectivity index (χ1n) is 3.79. The van der Waals surface area contributed by atoms with E-state index >= 15 is 0 Å². The molecule has 68 valence electrons. The summed E-state index contributed by atoms with van der Waals surface area (Å²) in [5.74, 6) is 0.133. The van der Waals surface area contributed by atoms with Crippen LogP contribution < -0.4 is 10.5 Å². The molecule has 0 unspecified atom stereocenters. The van der Waals surface area contributed by atoms with Crippen molar-refractivity contribution in [1.29, 1.82) is 0 Å². The minimum absolute atomic E-state index is 0.425. The summed E-state index contributed by atoms with van der Waals surface area (Å²) in [6.45, 7) is 3.58. The van der Waals surface area contributed by atoms with Crippen LogP contribution in [0.1, 0.15) is 15.9 Å². The Morgan fingerprint density at radius 2 is 2.31 bits per heavy atom. The quantitative estimate of drug-likeness (QED) is 0.759. The van der Waals surface area contributed by atoms with Crippen molar-refractivity contribution < 1.29 is 9.53 Å². The van der Waals surface area contributed by atoms with Gasteiger partial charge in [0.1, 0.15) is 5.75 Å². The lowest BCUT2D eigenvalue weighted by molar-refractivity contribution is 0.1000. The first-order valence-corrected chi connectivity index (χ1v) is 3.79. The summed E-state index contributed by atoms with van der Waals surface area (Å²) < 4.78 is 4.96. The smallest absolute Gasteiger partial charge is 0.249 e. The second kappa shape index (κ2) is 3.76. The van der Waals surface area contributed by atoms with Gasteiger partial charge in [-0.15, -0.1) is 0 Å². The molecule has 0 atom stereocenters. The number of primary amides is 1. The van der Waals surface area contributed by atoms with E-state index in [-0.39, 0.29) is 0 Å². The molecule has 0 fully saturated rings. The third-order valence-corrected chi connectivity index (χ3v) is 1.75. The van der Waals surface area contributed by atoms with Crippen LogP contribution in [0.25, 0.3) is 6.08 Å². The summed E-state index contributed by atoms with van der Waals surface area (Å²) in [5.41, 5.74) is 6.31. The van der Waals surface area contributed by atoms with Crippen LogP contribution in [0.2, 0.25) is 0 Å². The summed E-state index contributed by atoms with van der Waals surface area (Å²) in [7, 11) is 1.54. The maximum atomic E-state index is 11.0. The molecule has 0 spiro atoms. The molecule has 1 amide bonds. The van der Waals surface area contributed by atoms with Gasteiger partial charge in [-0.1, -0.05) is 18.7 Å². The predicted octanol–water partition coefficient (Wildman–Crippen LogP) is 1.44.